The van der Waals surface area contributed by atoms with Crippen LogP contribution in [0, 0.1) is 5.92 Å². The molecule has 3 atom stereocenters. The molecule has 2 aliphatic rings. The number of esters is 1. The van der Waals surface area contributed by atoms with E-state index in [0.717, 1.165) is 6.42 Å². The van der Waals surface area contributed by atoms with Gasteiger partial charge in [0.25, 0.3) is 0 Å². The number of ether oxygens (including phenoxy) is 3. The second-order valence-corrected chi connectivity index (χ2v) is 3.55. The van der Waals surface area contributed by atoms with Gasteiger partial charge in [0.15, 0.2) is 0 Å². The quantitative estimate of drug-likeness (QED) is 0.554. The van der Waals surface area contributed by atoms with Gasteiger partial charge < -0.3 is 14.2 Å². The van der Waals surface area contributed by atoms with Crippen LogP contribution >= 0.6 is 0 Å². The Balaban J connectivity index is 1.97. The first-order valence-electron chi connectivity index (χ1n) is 4.64. The van der Waals surface area contributed by atoms with Crippen molar-refractivity contribution in [1.29, 1.82) is 0 Å². The lowest BCUT2D eigenvalue weighted by Crippen LogP contribution is -2.41. The Bertz CT molecular complexity index is 204. The highest BCUT2D eigenvalue weighted by atomic mass is 16.6. The van der Waals surface area contributed by atoms with Crippen molar-refractivity contribution in [3.63, 3.8) is 0 Å². The van der Waals surface area contributed by atoms with Crippen molar-refractivity contribution in [2.24, 2.45) is 5.92 Å². The molecule has 0 amide bonds. The minimum atomic E-state index is -0.211. The first-order chi connectivity index (χ1) is 6.27. The van der Waals surface area contributed by atoms with Crippen LogP contribution in [0.3, 0.4) is 0 Å². The Morgan fingerprint density at radius 1 is 1.46 bits per heavy atom. The normalized spacial score (nSPS) is 38.4. The third kappa shape index (κ3) is 1.84. The molecule has 0 spiro atoms. The summed E-state index contributed by atoms with van der Waals surface area (Å²) in [6.45, 7) is 3.41. The second kappa shape index (κ2) is 3.64. The van der Waals surface area contributed by atoms with Crippen molar-refractivity contribution in [3.05, 3.63) is 0 Å². The highest BCUT2D eigenvalue weighted by molar-refractivity contribution is 5.66. The fourth-order valence-corrected chi connectivity index (χ4v) is 1.98. The molecule has 13 heavy (non-hydrogen) atoms. The molecule has 74 valence electrons. The van der Waals surface area contributed by atoms with Gasteiger partial charge in [-0.15, -0.1) is 0 Å². The van der Waals surface area contributed by atoms with E-state index in [0.29, 0.717) is 19.8 Å². The summed E-state index contributed by atoms with van der Waals surface area (Å²) in [7, 11) is 0. The highest BCUT2D eigenvalue weighted by Gasteiger charge is 2.40. The largest absolute Gasteiger partial charge is 0.462 e. The van der Waals surface area contributed by atoms with Gasteiger partial charge in [-0.1, -0.05) is 0 Å². The van der Waals surface area contributed by atoms with E-state index >= 15 is 0 Å². The predicted molar refractivity (Wildman–Crippen MR) is 44.2 cm³/mol. The number of hydrogen-bond acceptors (Lipinski definition) is 4. The first kappa shape index (κ1) is 8.97. The fraction of sp³-hybridized carbons (Fsp3) is 0.889. The van der Waals surface area contributed by atoms with E-state index in [-0.39, 0.29) is 24.1 Å². The van der Waals surface area contributed by atoms with E-state index in [9.17, 15) is 4.79 Å². The van der Waals surface area contributed by atoms with Crippen molar-refractivity contribution < 1.29 is 19.0 Å². The lowest BCUT2D eigenvalue weighted by Gasteiger charge is -2.31. The maximum atomic E-state index is 10.8. The summed E-state index contributed by atoms with van der Waals surface area (Å²) >= 11 is 0. The maximum Gasteiger partial charge on any atom is 0.302 e. The summed E-state index contributed by atoms with van der Waals surface area (Å²) in [5.41, 5.74) is 0. The van der Waals surface area contributed by atoms with Gasteiger partial charge in [-0.3, -0.25) is 4.79 Å². The smallest absolute Gasteiger partial charge is 0.302 e. The molecule has 4 nitrogen and oxygen atoms in total. The number of carbonyl (C=O) groups excluding carboxylic acids is 1. The van der Waals surface area contributed by atoms with Crippen molar-refractivity contribution >= 4 is 5.97 Å². The molecule has 0 N–H and O–H groups in total. The van der Waals surface area contributed by atoms with Gasteiger partial charge in [0.05, 0.1) is 25.9 Å². The van der Waals surface area contributed by atoms with Crippen LogP contribution in [0.1, 0.15) is 13.3 Å². The number of fused-ring (bicyclic) bond motifs is 1. The molecule has 0 aromatic carbocycles. The zero-order chi connectivity index (χ0) is 9.26. The van der Waals surface area contributed by atoms with Crippen molar-refractivity contribution in [2.75, 3.05) is 19.8 Å². The lowest BCUT2D eigenvalue weighted by atomic mass is 9.94. The minimum absolute atomic E-state index is 0.00116. The number of hydrogen-bond donors (Lipinski definition) is 0. The van der Waals surface area contributed by atoms with Crippen LogP contribution in [-0.4, -0.2) is 38.0 Å². The number of rotatable bonds is 1. The molecule has 2 heterocycles. The minimum Gasteiger partial charge on any atom is -0.462 e. The van der Waals surface area contributed by atoms with Gasteiger partial charge in [0.1, 0.15) is 6.10 Å². The van der Waals surface area contributed by atoms with E-state index < -0.39 is 0 Å². The average molecular weight is 186 g/mol. The van der Waals surface area contributed by atoms with Crippen molar-refractivity contribution in [2.45, 2.75) is 25.6 Å². The molecule has 0 radical (unpaired) electrons. The summed E-state index contributed by atoms with van der Waals surface area (Å²) in [6.07, 6.45) is 0.932. The topological polar surface area (TPSA) is 44.8 Å². The summed E-state index contributed by atoms with van der Waals surface area (Å²) in [4.78, 5) is 10.8. The Kier molecular flexibility index (Phi) is 2.51. The average Bonchev–Trinajstić information content (AvgIpc) is 2.51. The molecule has 0 saturated carbocycles. The summed E-state index contributed by atoms with van der Waals surface area (Å²) in [5.74, 6) is 0.0372. The van der Waals surface area contributed by atoms with Crippen LogP contribution in [0.5, 0.6) is 0 Å². The molecular weight excluding hydrogens is 172 g/mol. The fourth-order valence-electron chi connectivity index (χ4n) is 1.98. The van der Waals surface area contributed by atoms with Crippen molar-refractivity contribution in [1.82, 2.24) is 0 Å². The van der Waals surface area contributed by atoms with E-state index in [1.54, 1.807) is 0 Å². The predicted octanol–water partition coefficient (Wildman–Crippen LogP) is 0.353. The Morgan fingerprint density at radius 2 is 2.31 bits per heavy atom. The Hall–Kier alpha value is -0.610. The zero-order valence-corrected chi connectivity index (χ0v) is 7.69. The number of carbonyl (C=O) groups is 1. The second-order valence-electron chi connectivity index (χ2n) is 3.55. The van der Waals surface area contributed by atoms with Gasteiger partial charge in [0.2, 0.25) is 0 Å². The van der Waals surface area contributed by atoms with Gasteiger partial charge in [-0.25, -0.2) is 0 Å². The lowest BCUT2D eigenvalue weighted by molar-refractivity contribution is -0.158. The summed E-state index contributed by atoms with van der Waals surface area (Å²) in [6, 6.07) is 0. The van der Waals surface area contributed by atoms with Gasteiger partial charge >= 0.3 is 5.97 Å². The molecule has 0 aromatic rings. The SMILES string of the molecule is CC(=O)O[C@H]1CCO[C@@H]2COC[C@H]12. The van der Waals surface area contributed by atoms with Crippen LogP contribution in [0.25, 0.3) is 0 Å². The molecule has 0 aliphatic carbocycles. The Labute approximate surface area is 77.1 Å². The van der Waals surface area contributed by atoms with Crippen LogP contribution in [0.2, 0.25) is 0 Å². The van der Waals surface area contributed by atoms with E-state index in [1.165, 1.54) is 6.92 Å². The van der Waals surface area contributed by atoms with Gasteiger partial charge in [-0.2, -0.15) is 0 Å². The van der Waals surface area contributed by atoms with E-state index in [2.05, 4.69) is 0 Å². The monoisotopic (exact) mass is 186 g/mol. The van der Waals surface area contributed by atoms with Crippen LogP contribution in [-0.2, 0) is 19.0 Å². The molecule has 4 heteroatoms. The van der Waals surface area contributed by atoms with Crippen molar-refractivity contribution in [3.8, 4) is 0 Å². The molecule has 2 fully saturated rings. The summed E-state index contributed by atoms with van der Waals surface area (Å²) in [5, 5.41) is 0. The van der Waals surface area contributed by atoms with Gasteiger partial charge in [-0.05, 0) is 0 Å². The molecular formula is C9H14O4. The molecule has 0 unspecified atom stereocenters. The zero-order valence-electron chi connectivity index (χ0n) is 7.69. The van der Waals surface area contributed by atoms with Crippen LogP contribution in [0.4, 0.5) is 0 Å². The van der Waals surface area contributed by atoms with Crippen LogP contribution in [0.15, 0.2) is 0 Å². The third-order valence-electron chi connectivity index (χ3n) is 2.60. The highest BCUT2D eigenvalue weighted by Crippen LogP contribution is 2.28. The maximum absolute atomic E-state index is 10.8. The molecule has 0 aromatic heterocycles. The molecule has 2 rings (SSSR count). The first-order valence-corrected chi connectivity index (χ1v) is 4.64. The summed E-state index contributed by atoms with van der Waals surface area (Å²) < 4.78 is 16.0. The molecule has 2 saturated heterocycles. The standard InChI is InChI=1S/C9H14O4/c1-6(10)13-8-2-3-12-9-5-11-4-7(8)9/h7-9H,2-5H2,1H3/t7-,8+,9-/m1/s1. The van der Waals surface area contributed by atoms with Gasteiger partial charge in [0, 0.05) is 19.3 Å². The van der Waals surface area contributed by atoms with E-state index in [4.69, 9.17) is 14.2 Å². The van der Waals surface area contributed by atoms with E-state index in [1.807, 2.05) is 0 Å². The molecule has 2 aliphatic heterocycles. The molecule has 0 bridgehead atoms. The third-order valence-corrected chi connectivity index (χ3v) is 2.60. The Morgan fingerprint density at radius 3 is 3.08 bits per heavy atom. The van der Waals surface area contributed by atoms with Crippen LogP contribution < -0.4 is 0 Å².